The highest BCUT2D eigenvalue weighted by Gasteiger charge is 2.11. The fraction of sp³-hybridized carbons (Fsp3) is 0.133. The molecule has 1 amide bonds. The van der Waals surface area contributed by atoms with Crippen LogP contribution in [-0.4, -0.2) is 23.5 Å². The molecule has 0 spiro atoms. The Balaban J connectivity index is 1.91. The van der Waals surface area contributed by atoms with Crippen LogP contribution < -0.4 is 5.32 Å². The van der Waals surface area contributed by atoms with Gasteiger partial charge in [0.25, 0.3) is 5.91 Å². The number of ether oxygens (including phenoxy) is 1. The minimum absolute atomic E-state index is 0.257. The van der Waals surface area contributed by atoms with Gasteiger partial charge in [0, 0.05) is 18.1 Å². The first-order valence-electron chi connectivity index (χ1n) is 6.19. The van der Waals surface area contributed by atoms with Crippen molar-refractivity contribution in [1.29, 1.82) is 0 Å². The molecule has 1 heterocycles. The molecule has 0 radical (unpaired) electrons. The van der Waals surface area contributed by atoms with Gasteiger partial charge in [0.2, 0.25) is 0 Å². The zero-order valence-corrected chi connectivity index (χ0v) is 11.3. The van der Waals surface area contributed by atoms with E-state index in [4.69, 9.17) is 4.74 Å². The zero-order valence-electron chi connectivity index (χ0n) is 11.3. The molecule has 108 valence electrons. The van der Waals surface area contributed by atoms with Crippen LogP contribution in [0.15, 0.2) is 42.7 Å². The van der Waals surface area contributed by atoms with Gasteiger partial charge in [-0.15, -0.1) is 0 Å². The normalized spacial score (nSPS) is 10.0. The fourth-order valence-electron chi connectivity index (χ4n) is 1.61. The topological polar surface area (TPSA) is 68.3 Å². The average molecular weight is 288 g/mol. The Labute approximate surface area is 120 Å². The van der Waals surface area contributed by atoms with E-state index in [2.05, 4.69) is 10.3 Å². The summed E-state index contributed by atoms with van der Waals surface area (Å²) in [5.41, 5.74) is 1.31. The van der Waals surface area contributed by atoms with E-state index < -0.39 is 24.3 Å². The van der Waals surface area contributed by atoms with E-state index in [0.717, 1.165) is 0 Å². The zero-order chi connectivity index (χ0) is 15.2. The summed E-state index contributed by atoms with van der Waals surface area (Å²) in [4.78, 5) is 27.1. The highest BCUT2D eigenvalue weighted by Crippen LogP contribution is 2.15. The Hall–Kier alpha value is -2.76. The average Bonchev–Trinajstić information content (AvgIpc) is 2.49. The number of amides is 1. The van der Waals surface area contributed by atoms with E-state index in [0.29, 0.717) is 11.3 Å². The van der Waals surface area contributed by atoms with Gasteiger partial charge < -0.3 is 10.1 Å². The molecule has 0 fully saturated rings. The molecule has 6 heteroatoms. The lowest BCUT2D eigenvalue weighted by Crippen LogP contribution is -2.21. The lowest BCUT2D eigenvalue weighted by molar-refractivity contribution is -0.119. The molecule has 1 N–H and O–H groups in total. The van der Waals surface area contributed by atoms with Crippen LogP contribution in [-0.2, 0) is 9.53 Å². The summed E-state index contributed by atoms with van der Waals surface area (Å²) in [5, 5.41) is 2.49. The van der Waals surface area contributed by atoms with Gasteiger partial charge in [-0.25, -0.2) is 9.18 Å². The molecule has 21 heavy (non-hydrogen) atoms. The van der Waals surface area contributed by atoms with Crippen LogP contribution >= 0.6 is 0 Å². The Morgan fingerprint density at radius 2 is 2.14 bits per heavy atom. The molecular weight excluding hydrogens is 275 g/mol. The minimum atomic E-state index is -0.644. The first-order chi connectivity index (χ1) is 10.1. The van der Waals surface area contributed by atoms with Crippen LogP contribution in [0, 0.1) is 12.7 Å². The molecule has 0 bridgehead atoms. The van der Waals surface area contributed by atoms with Crippen molar-refractivity contribution in [3.63, 3.8) is 0 Å². The third-order valence-electron chi connectivity index (χ3n) is 2.71. The van der Waals surface area contributed by atoms with E-state index in [1.165, 1.54) is 30.6 Å². The number of rotatable bonds is 4. The van der Waals surface area contributed by atoms with Crippen molar-refractivity contribution in [2.45, 2.75) is 6.92 Å². The van der Waals surface area contributed by atoms with Crippen molar-refractivity contribution in [2.24, 2.45) is 0 Å². The predicted octanol–water partition coefficient (Wildman–Crippen LogP) is 2.32. The van der Waals surface area contributed by atoms with Gasteiger partial charge in [-0.05, 0) is 36.8 Å². The second kappa shape index (κ2) is 6.60. The number of carbonyl (C=O) groups is 2. The summed E-state index contributed by atoms with van der Waals surface area (Å²) >= 11 is 0. The number of aromatic nitrogens is 1. The number of hydrogen-bond acceptors (Lipinski definition) is 4. The molecule has 2 rings (SSSR count). The number of pyridine rings is 1. The van der Waals surface area contributed by atoms with Crippen molar-refractivity contribution in [2.75, 3.05) is 11.9 Å². The smallest absolute Gasteiger partial charge is 0.340 e. The SMILES string of the molecule is Cc1ccc(F)cc1NC(=O)COC(=O)c1cccnc1. The fourth-order valence-corrected chi connectivity index (χ4v) is 1.61. The van der Waals surface area contributed by atoms with Gasteiger partial charge in [-0.3, -0.25) is 9.78 Å². The molecule has 0 aliphatic rings. The maximum atomic E-state index is 13.1. The lowest BCUT2D eigenvalue weighted by Gasteiger charge is -2.09. The second-order valence-electron chi connectivity index (χ2n) is 4.33. The molecule has 5 nitrogen and oxygen atoms in total. The van der Waals surface area contributed by atoms with Gasteiger partial charge >= 0.3 is 5.97 Å². The summed E-state index contributed by atoms with van der Waals surface area (Å²) in [6.07, 6.45) is 2.87. The quantitative estimate of drug-likeness (QED) is 0.877. The Kier molecular flexibility index (Phi) is 4.61. The van der Waals surface area contributed by atoms with Crippen molar-refractivity contribution < 1.29 is 18.7 Å². The standard InChI is InChI=1S/C15H13FN2O3/c1-10-4-5-12(16)7-13(10)18-14(19)9-21-15(20)11-3-2-6-17-8-11/h2-8H,9H2,1H3,(H,18,19). The maximum Gasteiger partial charge on any atom is 0.340 e. The number of esters is 1. The Bertz CT molecular complexity index is 659. The van der Waals surface area contributed by atoms with Gasteiger partial charge in [-0.2, -0.15) is 0 Å². The first-order valence-corrected chi connectivity index (χ1v) is 6.19. The second-order valence-corrected chi connectivity index (χ2v) is 4.33. The molecule has 0 aliphatic carbocycles. The highest BCUT2D eigenvalue weighted by atomic mass is 19.1. The van der Waals surface area contributed by atoms with Gasteiger partial charge in [-0.1, -0.05) is 6.07 Å². The number of benzene rings is 1. The number of aryl methyl sites for hydroxylation is 1. The lowest BCUT2D eigenvalue weighted by atomic mass is 10.2. The van der Waals surface area contributed by atoms with Crippen LogP contribution in [0.4, 0.5) is 10.1 Å². The van der Waals surface area contributed by atoms with Crippen molar-refractivity contribution >= 4 is 17.6 Å². The first kappa shape index (κ1) is 14.6. The predicted molar refractivity (Wildman–Crippen MR) is 74.3 cm³/mol. The number of anilines is 1. The number of carbonyl (C=O) groups excluding carboxylic acids is 2. The molecule has 0 saturated carbocycles. The monoisotopic (exact) mass is 288 g/mol. The van der Waals surface area contributed by atoms with E-state index in [1.807, 2.05) is 0 Å². The highest BCUT2D eigenvalue weighted by molar-refractivity contribution is 5.95. The van der Waals surface area contributed by atoms with Crippen LogP contribution in [0.2, 0.25) is 0 Å². The molecule has 1 aromatic heterocycles. The van der Waals surface area contributed by atoms with E-state index in [1.54, 1.807) is 19.1 Å². The van der Waals surface area contributed by atoms with Gasteiger partial charge in [0.15, 0.2) is 6.61 Å². The van der Waals surface area contributed by atoms with E-state index in [-0.39, 0.29) is 5.56 Å². The largest absolute Gasteiger partial charge is 0.452 e. The molecule has 2 aromatic rings. The number of halogens is 1. The van der Waals surface area contributed by atoms with Crippen LogP contribution in [0.5, 0.6) is 0 Å². The summed E-state index contributed by atoms with van der Waals surface area (Å²) in [7, 11) is 0. The third kappa shape index (κ3) is 4.10. The molecule has 0 aliphatic heterocycles. The number of hydrogen-bond donors (Lipinski definition) is 1. The molecule has 1 aromatic carbocycles. The van der Waals surface area contributed by atoms with Crippen molar-refractivity contribution in [3.8, 4) is 0 Å². The maximum absolute atomic E-state index is 13.1. The van der Waals surface area contributed by atoms with Crippen molar-refractivity contribution in [1.82, 2.24) is 4.98 Å². The minimum Gasteiger partial charge on any atom is -0.452 e. The summed E-state index contributed by atoms with van der Waals surface area (Å²) in [6, 6.07) is 7.17. The molecule has 0 atom stereocenters. The molecule has 0 saturated heterocycles. The summed E-state index contributed by atoms with van der Waals surface area (Å²) < 4.78 is 17.9. The summed E-state index contributed by atoms with van der Waals surface area (Å²) in [6.45, 7) is 1.28. The Morgan fingerprint density at radius 1 is 1.33 bits per heavy atom. The third-order valence-corrected chi connectivity index (χ3v) is 2.71. The van der Waals surface area contributed by atoms with Gasteiger partial charge in [0.1, 0.15) is 5.82 Å². The number of nitrogens with zero attached hydrogens (tertiary/aromatic N) is 1. The number of nitrogens with one attached hydrogen (secondary N) is 1. The Morgan fingerprint density at radius 3 is 2.86 bits per heavy atom. The van der Waals surface area contributed by atoms with E-state index >= 15 is 0 Å². The molecule has 0 unspecified atom stereocenters. The van der Waals surface area contributed by atoms with Crippen LogP contribution in [0.25, 0.3) is 0 Å². The van der Waals surface area contributed by atoms with Gasteiger partial charge in [0.05, 0.1) is 5.56 Å². The van der Waals surface area contributed by atoms with Crippen LogP contribution in [0.3, 0.4) is 0 Å². The summed E-state index contributed by atoms with van der Waals surface area (Å²) in [5.74, 6) is -1.64. The van der Waals surface area contributed by atoms with Crippen LogP contribution in [0.1, 0.15) is 15.9 Å². The molecular formula is C15H13FN2O3. The van der Waals surface area contributed by atoms with Crippen molar-refractivity contribution in [3.05, 3.63) is 59.7 Å². The van der Waals surface area contributed by atoms with E-state index in [9.17, 15) is 14.0 Å².